The quantitative estimate of drug-likeness (QED) is 0.802. The van der Waals surface area contributed by atoms with E-state index in [1.165, 1.54) is 6.07 Å². The van der Waals surface area contributed by atoms with Crippen molar-refractivity contribution in [1.82, 2.24) is 4.98 Å². The molecule has 2 rings (SSSR count). The Kier molecular flexibility index (Phi) is 7.83. The van der Waals surface area contributed by atoms with E-state index in [1.807, 2.05) is 24.3 Å². The first-order valence-corrected chi connectivity index (χ1v) is 5.22. The lowest BCUT2D eigenvalue weighted by molar-refractivity contribution is 0.513. The highest BCUT2D eigenvalue weighted by molar-refractivity contribution is 6.30. The molecule has 0 aliphatic rings. The summed E-state index contributed by atoms with van der Waals surface area (Å²) >= 11 is 5.63. The molecule has 5 heteroatoms. The minimum Gasteiger partial charge on any atom is -0.326 e. The minimum atomic E-state index is -0.787. The van der Waals surface area contributed by atoms with Crippen molar-refractivity contribution in [2.75, 3.05) is 0 Å². The van der Waals surface area contributed by atoms with Crippen LogP contribution in [0.15, 0.2) is 42.5 Å². The van der Waals surface area contributed by atoms with Crippen LogP contribution in [0.1, 0.15) is 13.0 Å². The SMILES string of the molecule is C.Fc1cccc(F)n1.NCc1ccc(Cl)cc1. The van der Waals surface area contributed by atoms with Crippen LogP contribution in [-0.4, -0.2) is 4.98 Å². The molecule has 0 spiro atoms. The number of aromatic nitrogens is 1. The number of pyridine rings is 1. The van der Waals surface area contributed by atoms with Gasteiger partial charge in [0, 0.05) is 11.6 Å². The Labute approximate surface area is 110 Å². The van der Waals surface area contributed by atoms with Crippen LogP contribution in [-0.2, 0) is 6.54 Å². The summed E-state index contributed by atoms with van der Waals surface area (Å²) in [6.07, 6.45) is 0. The highest BCUT2D eigenvalue weighted by Gasteiger charge is 1.90. The maximum absolute atomic E-state index is 11.8. The maximum Gasteiger partial charge on any atom is 0.215 e. The van der Waals surface area contributed by atoms with Crippen LogP contribution in [0.2, 0.25) is 5.02 Å². The molecule has 0 fully saturated rings. The van der Waals surface area contributed by atoms with E-state index >= 15 is 0 Å². The van der Waals surface area contributed by atoms with Crippen LogP contribution < -0.4 is 5.73 Å². The van der Waals surface area contributed by atoms with Crippen LogP contribution in [0.4, 0.5) is 8.78 Å². The van der Waals surface area contributed by atoms with Gasteiger partial charge in [0.1, 0.15) is 0 Å². The summed E-state index contributed by atoms with van der Waals surface area (Å²) < 4.78 is 23.6. The van der Waals surface area contributed by atoms with E-state index < -0.39 is 11.9 Å². The molecule has 1 heterocycles. The van der Waals surface area contributed by atoms with Crippen molar-refractivity contribution in [1.29, 1.82) is 0 Å². The molecule has 0 radical (unpaired) electrons. The average molecular weight is 273 g/mol. The Bertz CT molecular complexity index is 444. The molecule has 0 unspecified atom stereocenters. The van der Waals surface area contributed by atoms with Gasteiger partial charge in [0.15, 0.2) is 0 Å². The van der Waals surface area contributed by atoms with E-state index in [-0.39, 0.29) is 7.43 Å². The maximum atomic E-state index is 11.8. The van der Waals surface area contributed by atoms with Crippen molar-refractivity contribution in [2.24, 2.45) is 5.73 Å². The van der Waals surface area contributed by atoms with Gasteiger partial charge in [-0.15, -0.1) is 0 Å². The van der Waals surface area contributed by atoms with E-state index in [9.17, 15) is 8.78 Å². The second-order valence-corrected chi connectivity index (χ2v) is 3.55. The lowest BCUT2D eigenvalue weighted by atomic mass is 10.2. The topological polar surface area (TPSA) is 38.9 Å². The lowest BCUT2D eigenvalue weighted by Crippen LogP contribution is -1.94. The highest BCUT2D eigenvalue weighted by Crippen LogP contribution is 2.08. The molecule has 0 amide bonds. The summed E-state index contributed by atoms with van der Waals surface area (Å²) in [5.41, 5.74) is 6.47. The summed E-state index contributed by atoms with van der Waals surface area (Å²) in [5, 5.41) is 0.757. The van der Waals surface area contributed by atoms with E-state index in [2.05, 4.69) is 4.98 Å². The summed E-state index contributed by atoms with van der Waals surface area (Å²) in [6, 6.07) is 10.9. The predicted molar refractivity (Wildman–Crippen MR) is 70.2 cm³/mol. The van der Waals surface area contributed by atoms with Crippen LogP contribution in [0, 0.1) is 11.9 Å². The molecule has 0 aliphatic carbocycles. The van der Waals surface area contributed by atoms with E-state index in [4.69, 9.17) is 17.3 Å². The van der Waals surface area contributed by atoms with E-state index in [0.717, 1.165) is 22.7 Å². The van der Waals surface area contributed by atoms with Crippen LogP contribution in [0.3, 0.4) is 0 Å². The van der Waals surface area contributed by atoms with Gasteiger partial charge in [-0.3, -0.25) is 0 Å². The molecular weight excluding hydrogens is 258 g/mol. The molecule has 0 saturated heterocycles. The Morgan fingerprint density at radius 2 is 1.50 bits per heavy atom. The second kappa shape index (κ2) is 8.55. The van der Waals surface area contributed by atoms with Gasteiger partial charge in [-0.05, 0) is 29.8 Å². The zero-order valence-corrected chi connectivity index (χ0v) is 9.66. The average Bonchev–Trinajstić information content (AvgIpc) is 2.30. The van der Waals surface area contributed by atoms with Gasteiger partial charge >= 0.3 is 0 Å². The molecule has 0 aliphatic heterocycles. The molecule has 0 atom stereocenters. The van der Waals surface area contributed by atoms with Gasteiger partial charge in [0.2, 0.25) is 11.9 Å². The number of benzene rings is 1. The number of nitrogens with two attached hydrogens (primary N) is 1. The predicted octanol–water partition coefficient (Wildman–Crippen LogP) is 3.79. The Morgan fingerprint density at radius 1 is 1.00 bits per heavy atom. The Morgan fingerprint density at radius 3 is 1.83 bits per heavy atom. The van der Waals surface area contributed by atoms with Crippen molar-refractivity contribution in [3.63, 3.8) is 0 Å². The van der Waals surface area contributed by atoms with Crippen molar-refractivity contribution in [3.05, 3.63) is 64.9 Å². The fraction of sp³-hybridized carbons (Fsp3) is 0.154. The third-order valence-electron chi connectivity index (χ3n) is 1.83. The Balaban J connectivity index is 0.000000306. The van der Waals surface area contributed by atoms with Gasteiger partial charge in [-0.25, -0.2) is 0 Å². The van der Waals surface area contributed by atoms with Crippen molar-refractivity contribution >= 4 is 11.6 Å². The molecule has 98 valence electrons. The summed E-state index contributed by atoms with van der Waals surface area (Å²) in [6.45, 7) is 0.581. The van der Waals surface area contributed by atoms with Gasteiger partial charge in [-0.2, -0.15) is 13.8 Å². The van der Waals surface area contributed by atoms with Crippen molar-refractivity contribution in [3.8, 4) is 0 Å². The number of rotatable bonds is 1. The standard InChI is InChI=1S/C7H8ClN.C5H3F2N.CH4/c8-7-3-1-6(5-9)2-4-7;6-4-2-1-3-5(7)8-4;/h1-4H,5,9H2;1-3H;1H4. The number of hydrogen-bond acceptors (Lipinski definition) is 2. The first-order valence-electron chi connectivity index (χ1n) is 4.84. The molecule has 1 aromatic heterocycles. The smallest absolute Gasteiger partial charge is 0.215 e. The lowest BCUT2D eigenvalue weighted by Gasteiger charge is -1.93. The van der Waals surface area contributed by atoms with E-state index in [0.29, 0.717) is 6.54 Å². The summed E-state index contributed by atoms with van der Waals surface area (Å²) in [7, 11) is 0. The molecule has 2 N–H and O–H groups in total. The molecule has 0 saturated carbocycles. The second-order valence-electron chi connectivity index (χ2n) is 3.11. The zero-order chi connectivity index (χ0) is 12.7. The number of nitrogens with zero attached hydrogens (tertiary/aromatic N) is 1. The molecule has 18 heavy (non-hydrogen) atoms. The normalized spacial score (nSPS) is 8.89. The summed E-state index contributed by atoms with van der Waals surface area (Å²) in [5.74, 6) is -1.57. The van der Waals surface area contributed by atoms with Crippen molar-refractivity contribution < 1.29 is 8.78 Å². The molecule has 2 aromatic rings. The first-order chi connectivity index (χ1) is 8.11. The van der Waals surface area contributed by atoms with Crippen molar-refractivity contribution in [2.45, 2.75) is 14.0 Å². The fourth-order valence-electron chi connectivity index (χ4n) is 1.00. The zero-order valence-electron chi connectivity index (χ0n) is 8.91. The highest BCUT2D eigenvalue weighted by atomic mass is 35.5. The monoisotopic (exact) mass is 272 g/mol. The van der Waals surface area contributed by atoms with Crippen LogP contribution >= 0.6 is 11.6 Å². The number of halogens is 3. The molecular formula is C13H15ClF2N2. The van der Waals surface area contributed by atoms with Crippen LogP contribution in [0.25, 0.3) is 0 Å². The molecule has 2 nitrogen and oxygen atoms in total. The van der Waals surface area contributed by atoms with Gasteiger partial charge in [0.05, 0.1) is 0 Å². The van der Waals surface area contributed by atoms with Gasteiger partial charge in [-0.1, -0.05) is 37.2 Å². The summed E-state index contributed by atoms with van der Waals surface area (Å²) in [4.78, 5) is 2.84. The number of hydrogen-bond donors (Lipinski definition) is 1. The minimum absolute atomic E-state index is 0. The van der Waals surface area contributed by atoms with Crippen LogP contribution in [0.5, 0.6) is 0 Å². The first kappa shape index (κ1) is 16.5. The third-order valence-corrected chi connectivity index (χ3v) is 2.08. The molecule has 0 bridgehead atoms. The third kappa shape index (κ3) is 6.27. The Hall–Kier alpha value is -1.52. The largest absolute Gasteiger partial charge is 0.326 e. The van der Waals surface area contributed by atoms with E-state index in [1.54, 1.807) is 0 Å². The fourth-order valence-corrected chi connectivity index (χ4v) is 1.13. The molecule has 1 aromatic carbocycles. The van der Waals surface area contributed by atoms with Gasteiger partial charge < -0.3 is 5.73 Å². The van der Waals surface area contributed by atoms with Gasteiger partial charge in [0.25, 0.3) is 0 Å².